The van der Waals surface area contributed by atoms with Crippen molar-refractivity contribution < 1.29 is 18.9 Å². The Bertz CT molecular complexity index is 551. The van der Waals surface area contributed by atoms with Gasteiger partial charge in [0, 0.05) is 12.1 Å². The van der Waals surface area contributed by atoms with Gasteiger partial charge in [-0.15, -0.1) is 5.10 Å². The number of ether oxygens (including phenoxy) is 4. The Morgan fingerprint density at radius 1 is 1.00 bits per heavy atom. The van der Waals surface area contributed by atoms with Crippen molar-refractivity contribution in [1.29, 1.82) is 0 Å². The minimum atomic E-state index is 0.418. The number of nitrogens with zero attached hydrogens (tertiary/aromatic N) is 2. The molecule has 1 heterocycles. The zero-order valence-electron chi connectivity index (χ0n) is 10.5. The maximum atomic E-state index is 5.58. The average Bonchev–Trinajstić information content (AvgIpc) is 2.82. The molecule has 8 heteroatoms. The summed E-state index contributed by atoms with van der Waals surface area (Å²) in [5.41, 5.74) is 0. The molecule has 0 amide bonds. The summed E-state index contributed by atoms with van der Waals surface area (Å²) in [6.07, 6.45) is 0. The molecule has 0 aliphatic heterocycles. The van der Waals surface area contributed by atoms with Crippen LogP contribution < -0.4 is 18.9 Å². The fourth-order valence-electron chi connectivity index (χ4n) is 1.45. The molecule has 0 atom stereocenters. The largest absolute Gasteiger partial charge is 0.493 e. The number of halogens is 1. The molecule has 0 spiro atoms. The van der Waals surface area contributed by atoms with Crippen LogP contribution in [0.5, 0.6) is 28.2 Å². The van der Waals surface area contributed by atoms with Gasteiger partial charge < -0.3 is 18.9 Å². The molecule has 0 bridgehead atoms. The second-order valence-corrected chi connectivity index (χ2v) is 5.50. The standard InChI is InChI=1S/C11H11BrN2O4S/c1-15-7-4-6(5-8(16-2)9(7)17-3)18-11-14-13-10(12)19-11/h4-5H,1-3H3. The Hall–Kier alpha value is -1.54. The van der Waals surface area contributed by atoms with E-state index in [4.69, 9.17) is 18.9 Å². The highest BCUT2D eigenvalue weighted by molar-refractivity contribution is 9.11. The molecule has 6 nitrogen and oxygen atoms in total. The summed E-state index contributed by atoms with van der Waals surface area (Å²) < 4.78 is 21.9. The van der Waals surface area contributed by atoms with Gasteiger partial charge in [0.25, 0.3) is 5.19 Å². The van der Waals surface area contributed by atoms with E-state index in [0.717, 1.165) is 0 Å². The number of hydrogen-bond donors (Lipinski definition) is 0. The first-order valence-electron chi connectivity index (χ1n) is 5.14. The number of benzene rings is 1. The van der Waals surface area contributed by atoms with E-state index in [-0.39, 0.29) is 0 Å². The van der Waals surface area contributed by atoms with Gasteiger partial charge in [-0.05, 0) is 27.3 Å². The lowest BCUT2D eigenvalue weighted by Gasteiger charge is -2.13. The number of hydrogen-bond acceptors (Lipinski definition) is 7. The molecule has 0 radical (unpaired) electrons. The van der Waals surface area contributed by atoms with Crippen molar-refractivity contribution in [2.45, 2.75) is 0 Å². The van der Waals surface area contributed by atoms with Crippen LogP contribution in [0.1, 0.15) is 0 Å². The van der Waals surface area contributed by atoms with Crippen molar-refractivity contribution in [3.63, 3.8) is 0 Å². The zero-order chi connectivity index (χ0) is 13.8. The Kier molecular flexibility index (Phi) is 4.43. The van der Waals surface area contributed by atoms with Gasteiger partial charge in [-0.1, -0.05) is 5.10 Å². The Balaban J connectivity index is 2.35. The summed E-state index contributed by atoms with van der Waals surface area (Å²) in [5, 5.41) is 8.07. The van der Waals surface area contributed by atoms with Crippen LogP contribution in [0.2, 0.25) is 0 Å². The molecule has 2 rings (SSSR count). The molecule has 19 heavy (non-hydrogen) atoms. The first-order chi connectivity index (χ1) is 9.17. The number of methoxy groups -OCH3 is 3. The van der Waals surface area contributed by atoms with Crippen LogP contribution in [-0.2, 0) is 0 Å². The topological polar surface area (TPSA) is 62.7 Å². The fraction of sp³-hybridized carbons (Fsp3) is 0.273. The lowest BCUT2D eigenvalue weighted by molar-refractivity contribution is 0.321. The summed E-state index contributed by atoms with van der Waals surface area (Å²) in [6.45, 7) is 0. The molecule has 2 aromatic rings. The third-order valence-electron chi connectivity index (χ3n) is 2.23. The summed E-state index contributed by atoms with van der Waals surface area (Å²) in [5.74, 6) is 2.06. The molecule has 0 saturated heterocycles. The molecule has 0 N–H and O–H groups in total. The molecule has 0 aliphatic rings. The van der Waals surface area contributed by atoms with E-state index in [0.29, 0.717) is 32.1 Å². The van der Waals surface area contributed by atoms with Crippen molar-refractivity contribution in [3.05, 3.63) is 16.0 Å². The van der Waals surface area contributed by atoms with E-state index in [2.05, 4.69) is 26.1 Å². The van der Waals surface area contributed by atoms with Crippen molar-refractivity contribution in [1.82, 2.24) is 10.2 Å². The third-order valence-corrected chi connectivity index (χ3v) is 3.46. The van der Waals surface area contributed by atoms with E-state index in [9.17, 15) is 0 Å². The summed E-state index contributed by atoms with van der Waals surface area (Å²) in [7, 11) is 4.63. The van der Waals surface area contributed by atoms with Gasteiger partial charge in [0.1, 0.15) is 5.75 Å². The van der Waals surface area contributed by atoms with Gasteiger partial charge in [0.15, 0.2) is 15.4 Å². The van der Waals surface area contributed by atoms with Gasteiger partial charge in [0.2, 0.25) is 5.75 Å². The monoisotopic (exact) mass is 346 g/mol. The summed E-state index contributed by atoms with van der Waals surface area (Å²) >= 11 is 4.50. The van der Waals surface area contributed by atoms with Crippen LogP contribution in [0.25, 0.3) is 0 Å². The molecule has 102 valence electrons. The van der Waals surface area contributed by atoms with Gasteiger partial charge >= 0.3 is 0 Å². The average molecular weight is 347 g/mol. The van der Waals surface area contributed by atoms with Crippen LogP contribution in [0.3, 0.4) is 0 Å². The Morgan fingerprint density at radius 2 is 1.63 bits per heavy atom. The molecule has 0 saturated carbocycles. The van der Waals surface area contributed by atoms with Crippen LogP contribution in [0.4, 0.5) is 0 Å². The van der Waals surface area contributed by atoms with E-state index in [1.54, 1.807) is 33.5 Å². The first-order valence-corrected chi connectivity index (χ1v) is 6.75. The first kappa shape index (κ1) is 13.9. The highest BCUT2D eigenvalue weighted by Crippen LogP contribution is 2.42. The van der Waals surface area contributed by atoms with Crippen molar-refractivity contribution in [2.24, 2.45) is 0 Å². The lowest BCUT2D eigenvalue weighted by Crippen LogP contribution is -1.96. The predicted molar refractivity (Wildman–Crippen MR) is 73.8 cm³/mol. The highest BCUT2D eigenvalue weighted by atomic mass is 79.9. The molecule has 0 fully saturated rings. The molecular formula is C11H11BrN2O4S. The van der Waals surface area contributed by atoms with Gasteiger partial charge in [0.05, 0.1) is 21.3 Å². The normalized spacial score (nSPS) is 10.1. The summed E-state index contributed by atoms with van der Waals surface area (Å²) in [6, 6.07) is 3.38. The van der Waals surface area contributed by atoms with Crippen LogP contribution >= 0.6 is 27.3 Å². The molecular weight excluding hydrogens is 336 g/mol. The predicted octanol–water partition coefficient (Wildman–Crippen LogP) is 3.12. The summed E-state index contributed by atoms with van der Waals surface area (Å²) in [4.78, 5) is 0. The van der Waals surface area contributed by atoms with Gasteiger partial charge in [-0.2, -0.15) is 0 Å². The van der Waals surface area contributed by atoms with Gasteiger partial charge in [-0.25, -0.2) is 0 Å². The van der Waals surface area contributed by atoms with E-state index in [1.165, 1.54) is 11.3 Å². The maximum Gasteiger partial charge on any atom is 0.300 e. The SMILES string of the molecule is COc1cc(Oc2nnc(Br)s2)cc(OC)c1OC. The molecule has 1 aromatic heterocycles. The lowest BCUT2D eigenvalue weighted by atomic mass is 10.2. The quantitative estimate of drug-likeness (QED) is 0.828. The molecule has 1 aromatic carbocycles. The maximum absolute atomic E-state index is 5.58. The van der Waals surface area contributed by atoms with Crippen molar-refractivity contribution >= 4 is 27.3 Å². The van der Waals surface area contributed by atoms with E-state index >= 15 is 0 Å². The van der Waals surface area contributed by atoms with E-state index < -0.39 is 0 Å². The van der Waals surface area contributed by atoms with Crippen LogP contribution in [0, 0.1) is 0 Å². The highest BCUT2D eigenvalue weighted by Gasteiger charge is 2.15. The minimum Gasteiger partial charge on any atom is -0.493 e. The molecule has 0 aliphatic carbocycles. The second-order valence-electron chi connectivity index (χ2n) is 3.28. The Morgan fingerprint density at radius 3 is 2.05 bits per heavy atom. The van der Waals surface area contributed by atoms with Crippen LogP contribution in [0.15, 0.2) is 16.0 Å². The third kappa shape index (κ3) is 3.07. The van der Waals surface area contributed by atoms with Crippen molar-refractivity contribution in [3.8, 4) is 28.2 Å². The second kappa shape index (κ2) is 6.07. The van der Waals surface area contributed by atoms with Gasteiger partial charge in [-0.3, -0.25) is 0 Å². The number of rotatable bonds is 5. The van der Waals surface area contributed by atoms with E-state index in [1.807, 2.05) is 0 Å². The van der Waals surface area contributed by atoms with Crippen molar-refractivity contribution in [2.75, 3.05) is 21.3 Å². The Labute approximate surface area is 122 Å². The van der Waals surface area contributed by atoms with Crippen LogP contribution in [-0.4, -0.2) is 31.5 Å². The number of aromatic nitrogens is 2. The smallest absolute Gasteiger partial charge is 0.300 e. The zero-order valence-corrected chi connectivity index (χ0v) is 12.9. The fourth-order valence-corrected chi connectivity index (χ4v) is 2.39. The molecule has 0 unspecified atom stereocenters. The minimum absolute atomic E-state index is 0.418.